The van der Waals surface area contributed by atoms with Gasteiger partial charge >= 0.3 is 12.1 Å². The van der Waals surface area contributed by atoms with Crippen LogP contribution in [-0.2, 0) is 14.3 Å². The maximum atomic E-state index is 11.8. The second-order valence-electron chi connectivity index (χ2n) is 5.20. The van der Waals surface area contributed by atoms with E-state index >= 15 is 0 Å². The first-order valence-electron chi connectivity index (χ1n) is 6.52. The molecule has 1 N–H and O–H groups in total. The molecule has 0 aliphatic heterocycles. The molecule has 0 rings (SSSR count). The van der Waals surface area contributed by atoms with Crippen molar-refractivity contribution in [2.45, 2.75) is 58.6 Å². The minimum Gasteiger partial charge on any atom is -0.464 e. The van der Waals surface area contributed by atoms with E-state index in [2.05, 4.69) is 21.2 Å². The number of rotatable bonds is 7. The van der Waals surface area contributed by atoms with Gasteiger partial charge in [-0.2, -0.15) is 0 Å². The quantitative estimate of drug-likeness (QED) is 0.440. The molecule has 0 aromatic carbocycles. The molecular weight excluding hydrogens is 314 g/mol. The van der Waals surface area contributed by atoms with Gasteiger partial charge in [-0.3, -0.25) is 0 Å². The summed E-state index contributed by atoms with van der Waals surface area (Å²) in [6.07, 6.45) is 1.63. The first-order chi connectivity index (χ1) is 8.80. The lowest BCUT2D eigenvalue weighted by Crippen LogP contribution is -2.44. The van der Waals surface area contributed by atoms with Crippen LogP contribution in [0.15, 0.2) is 0 Å². The molecular formula is C13H24BrNO4. The van der Waals surface area contributed by atoms with Crippen LogP contribution in [0.2, 0.25) is 0 Å². The zero-order valence-corrected chi connectivity index (χ0v) is 13.7. The number of hydrogen-bond acceptors (Lipinski definition) is 4. The van der Waals surface area contributed by atoms with Crippen molar-refractivity contribution < 1.29 is 19.1 Å². The van der Waals surface area contributed by atoms with E-state index in [-0.39, 0.29) is 0 Å². The van der Waals surface area contributed by atoms with Crippen molar-refractivity contribution >= 4 is 28.0 Å². The summed E-state index contributed by atoms with van der Waals surface area (Å²) in [4.78, 5) is 23.4. The van der Waals surface area contributed by atoms with Crippen molar-refractivity contribution in [2.75, 3.05) is 11.9 Å². The van der Waals surface area contributed by atoms with Crippen LogP contribution in [0.1, 0.15) is 47.0 Å². The van der Waals surface area contributed by atoms with E-state index in [0.717, 1.165) is 12.8 Å². The predicted octanol–water partition coefficient (Wildman–Crippen LogP) is 3.01. The van der Waals surface area contributed by atoms with Gasteiger partial charge in [0.25, 0.3) is 0 Å². The molecule has 0 aliphatic carbocycles. The van der Waals surface area contributed by atoms with Gasteiger partial charge in [-0.05, 0) is 33.6 Å². The van der Waals surface area contributed by atoms with Crippen LogP contribution in [0.25, 0.3) is 0 Å². The lowest BCUT2D eigenvalue weighted by Gasteiger charge is -2.22. The van der Waals surface area contributed by atoms with E-state index in [9.17, 15) is 9.59 Å². The van der Waals surface area contributed by atoms with E-state index < -0.39 is 23.7 Å². The van der Waals surface area contributed by atoms with Crippen molar-refractivity contribution in [1.82, 2.24) is 5.32 Å². The third-order valence-corrected chi connectivity index (χ3v) is 2.57. The molecule has 0 unspecified atom stereocenters. The van der Waals surface area contributed by atoms with Gasteiger partial charge in [-0.25, -0.2) is 9.59 Å². The fourth-order valence-corrected chi connectivity index (χ4v) is 1.68. The minimum absolute atomic E-state index is 0.379. The summed E-state index contributed by atoms with van der Waals surface area (Å²) in [5.41, 5.74) is -0.588. The highest BCUT2D eigenvalue weighted by Crippen LogP contribution is 2.08. The molecule has 0 spiro atoms. The van der Waals surface area contributed by atoms with Gasteiger partial charge < -0.3 is 14.8 Å². The van der Waals surface area contributed by atoms with Crippen LogP contribution in [-0.4, -0.2) is 35.6 Å². The summed E-state index contributed by atoms with van der Waals surface area (Å²) in [5, 5.41) is 3.13. The van der Waals surface area contributed by atoms with Crippen LogP contribution in [0.3, 0.4) is 0 Å². The van der Waals surface area contributed by atoms with E-state index in [1.165, 1.54) is 0 Å². The highest BCUT2D eigenvalue weighted by molar-refractivity contribution is 9.09. The normalized spacial score (nSPS) is 12.7. The average Bonchev–Trinajstić information content (AvgIpc) is 2.26. The molecule has 0 saturated heterocycles. The molecule has 1 amide bonds. The standard InChI is InChI=1S/C13H24BrNO4/c1-5-6-9-18-11(16)10(7-8-14)15-12(17)19-13(2,3)4/h10H,5-9H2,1-4H3,(H,15,17)/t10-/m0/s1. The lowest BCUT2D eigenvalue weighted by molar-refractivity contribution is -0.146. The topological polar surface area (TPSA) is 64.6 Å². The molecule has 6 heteroatoms. The fourth-order valence-electron chi connectivity index (χ4n) is 1.23. The lowest BCUT2D eigenvalue weighted by atomic mass is 10.2. The Balaban J connectivity index is 4.31. The van der Waals surface area contributed by atoms with Gasteiger partial charge in [-0.15, -0.1) is 0 Å². The zero-order valence-electron chi connectivity index (χ0n) is 12.1. The van der Waals surface area contributed by atoms with Gasteiger partial charge in [-0.1, -0.05) is 29.3 Å². The Kier molecular flexibility index (Phi) is 8.80. The molecule has 5 nitrogen and oxygen atoms in total. The van der Waals surface area contributed by atoms with Crippen molar-refractivity contribution in [3.63, 3.8) is 0 Å². The third kappa shape index (κ3) is 9.76. The molecule has 0 aromatic rings. The van der Waals surface area contributed by atoms with Crippen molar-refractivity contribution in [3.8, 4) is 0 Å². The van der Waals surface area contributed by atoms with E-state index in [0.29, 0.717) is 18.4 Å². The van der Waals surface area contributed by atoms with Crippen LogP contribution in [0, 0.1) is 0 Å². The minimum atomic E-state index is -0.675. The number of hydrogen-bond donors (Lipinski definition) is 1. The molecule has 112 valence electrons. The third-order valence-electron chi connectivity index (χ3n) is 2.12. The molecule has 0 aliphatic rings. The molecule has 0 radical (unpaired) electrons. The summed E-state index contributed by atoms with van der Waals surface area (Å²) >= 11 is 3.25. The molecule has 0 aromatic heterocycles. The Hall–Kier alpha value is -0.780. The molecule has 0 bridgehead atoms. The number of halogens is 1. The molecule has 19 heavy (non-hydrogen) atoms. The highest BCUT2D eigenvalue weighted by Gasteiger charge is 2.24. The van der Waals surface area contributed by atoms with Gasteiger partial charge in [0.2, 0.25) is 0 Å². The number of esters is 1. The number of ether oxygens (including phenoxy) is 2. The number of nitrogens with one attached hydrogen (secondary N) is 1. The first-order valence-corrected chi connectivity index (χ1v) is 7.64. The van der Waals surface area contributed by atoms with Gasteiger partial charge in [0.1, 0.15) is 11.6 Å². The number of alkyl halides is 1. The summed E-state index contributed by atoms with van der Waals surface area (Å²) < 4.78 is 10.2. The smallest absolute Gasteiger partial charge is 0.408 e. The molecule has 1 atom stereocenters. The summed E-state index contributed by atoms with van der Waals surface area (Å²) in [6.45, 7) is 7.70. The Labute approximate surface area is 123 Å². The Bertz CT molecular complexity index is 289. The largest absolute Gasteiger partial charge is 0.464 e. The maximum absolute atomic E-state index is 11.8. The number of carbonyl (C=O) groups is 2. The molecule has 0 saturated carbocycles. The Morgan fingerprint density at radius 3 is 2.42 bits per heavy atom. The summed E-state index contributed by atoms with van der Waals surface area (Å²) in [6, 6.07) is -0.675. The van der Waals surface area contributed by atoms with Crippen molar-refractivity contribution in [2.24, 2.45) is 0 Å². The zero-order chi connectivity index (χ0) is 14.9. The first kappa shape index (κ1) is 18.2. The van der Waals surface area contributed by atoms with Crippen molar-refractivity contribution in [1.29, 1.82) is 0 Å². The van der Waals surface area contributed by atoms with Crippen LogP contribution in [0.5, 0.6) is 0 Å². The van der Waals surface area contributed by atoms with Crippen LogP contribution >= 0.6 is 15.9 Å². The maximum Gasteiger partial charge on any atom is 0.408 e. The molecule has 0 heterocycles. The van der Waals surface area contributed by atoms with E-state index in [1.807, 2.05) is 6.92 Å². The van der Waals surface area contributed by atoms with Crippen molar-refractivity contribution in [3.05, 3.63) is 0 Å². The number of unbranched alkanes of at least 4 members (excludes halogenated alkanes) is 1. The monoisotopic (exact) mass is 337 g/mol. The van der Waals surface area contributed by atoms with Crippen LogP contribution < -0.4 is 5.32 Å². The second-order valence-corrected chi connectivity index (χ2v) is 5.99. The van der Waals surface area contributed by atoms with Gasteiger partial charge in [0.05, 0.1) is 6.61 Å². The molecule has 0 fully saturated rings. The number of carbonyl (C=O) groups excluding carboxylic acids is 2. The second kappa shape index (κ2) is 9.18. The van der Waals surface area contributed by atoms with Gasteiger partial charge in [0, 0.05) is 5.33 Å². The van der Waals surface area contributed by atoms with E-state index in [4.69, 9.17) is 9.47 Å². The Morgan fingerprint density at radius 2 is 1.95 bits per heavy atom. The predicted molar refractivity (Wildman–Crippen MR) is 77.4 cm³/mol. The van der Waals surface area contributed by atoms with Crippen LogP contribution in [0.4, 0.5) is 4.79 Å². The highest BCUT2D eigenvalue weighted by atomic mass is 79.9. The number of amides is 1. The summed E-state index contributed by atoms with van der Waals surface area (Å²) in [7, 11) is 0. The van der Waals surface area contributed by atoms with Gasteiger partial charge in [0.15, 0.2) is 0 Å². The fraction of sp³-hybridized carbons (Fsp3) is 0.846. The average molecular weight is 338 g/mol. The Morgan fingerprint density at radius 1 is 1.32 bits per heavy atom. The number of alkyl carbamates (subject to hydrolysis) is 1. The van der Waals surface area contributed by atoms with E-state index in [1.54, 1.807) is 20.8 Å². The SMILES string of the molecule is CCCCOC(=O)[C@H](CCBr)NC(=O)OC(C)(C)C. The summed E-state index contributed by atoms with van der Waals surface area (Å²) in [5.74, 6) is -0.418.